The van der Waals surface area contributed by atoms with Crippen LogP contribution in [-0.2, 0) is 0 Å². The average Bonchev–Trinajstić information content (AvgIpc) is 2.27. The molecule has 2 N–H and O–H groups in total. The highest BCUT2D eigenvalue weighted by atomic mass is 16.3. The van der Waals surface area contributed by atoms with E-state index in [1.807, 2.05) is 0 Å². The second-order valence-corrected chi connectivity index (χ2v) is 5.87. The lowest BCUT2D eigenvalue weighted by molar-refractivity contribution is 0.171. The smallest absolute Gasteiger partial charge is 0.0498 e. The highest BCUT2D eigenvalue weighted by Crippen LogP contribution is 2.28. The number of hydrogen-bond acceptors (Lipinski definition) is 2. The van der Waals surface area contributed by atoms with Gasteiger partial charge in [0.2, 0.25) is 0 Å². The van der Waals surface area contributed by atoms with Gasteiger partial charge < -0.3 is 10.4 Å². The Bertz CT molecular complexity index is 369. The van der Waals surface area contributed by atoms with Crippen molar-refractivity contribution in [3.8, 4) is 0 Å². The zero-order chi connectivity index (χ0) is 13.1. The molecule has 0 amide bonds. The molecule has 1 aromatic rings. The van der Waals surface area contributed by atoms with Gasteiger partial charge >= 0.3 is 0 Å². The van der Waals surface area contributed by atoms with Crippen molar-refractivity contribution in [2.45, 2.75) is 40.5 Å². The van der Waals surface area contributed by atoms with Crippen LogP contribution in [0, 0.1) is 12.3 Å². The molecule has 17 heavy (non-hydrogen) atoms. The lowest BCUT2D eigenvalue weighted by Crippen LogP contribution is -2.27. The Kier molecular flexibility index (Phi) is 4.58. The van der Waals surface area contributed by atoms with E-state index in [1.165, 1.54) is 16.8 Å². The van der Waals surface area contributed by atoms with Crippen LogP contribution in [0.25, 0.3) is 0 Å². The fourth-order valence-corrected chi connectivity index (χ4v) is 1.80. The van der Waals surface area contributed by atoms with Gasteiger partial charge in [-0.15, -0.1) is 0 Å². The minimum atomic E-state index is -0.0868. The van der Waals surface area contributed by atoms with Crippen LogP contribution >= 0.6 is 0 Å². The summed E-state index contributed by atoms with van der Waals surface area (Å²) < 4.78 is 0. The third-order valence-corrected chi connectivity index (χ3v) is 3.10. The summed E-state index contributed by atoms with van der Waals surface area (Å²) in [6.07, 6.45) is 0. The maximum atomic E-state index is 9.28. The van der Waals surface area contributed by atoms with Crippen molar-refractivity contribution in [2.24, 2.45) is 5.41 Å². The molecule has 1 rings (SSSR count). The molecular formula is C15H25NO. The molecule has 96 valence electrons. The zero-order valence-electron chi connectivity index (χ0n) is 11.7. The Morgan fingerprint density at radius 2 is 1.94 bits per heavy atom. The van der Waals surface area contributed by atoms with Crippen LogP contribution < -0.4 is 5.32 Å². The van der Waals surface area contributed by atoms with Crippen LogP contribution in [-0.4, -0.2) is 18.3 Å². The topological polar surface area (TPSA) is 32.3 Å². The van der Waals surface area contributed by atoms with E-state index in [0.717, 1.165) is 6.54 Å². The SMILES string of the molecule is Cc1cccc(C(C)C)c1NCC(C)(C)CO. The summed E-state index contributed by atoms with van der Waals surface area (Å²) in [7, 11) is 0. The summed E-state index contributed by atoms with van der Waals surface area (Å²) in [5.74, 6) is 0.509. The van der Waals surface area contributed by atoms with Gasteiger partial charge in [-0.2, -0.15) is 0 Å². The van der Waals surface area contributed by atoms with Crippen LogP contribution in [0.3, 0.4) is 0 Å². The Morgan fingerprint density at radius 1 is 1.29 bits per heavy atom. The number of aliphatic hydroxyl groups excluding tert-OH is 1. The maximum absolute atomic E-state index is 9.28. The molecule has 0 aromatic heterocycles. The van der Waals surface area contributed by atoms with Crippen LogP contribution in [0.2, 0.25) is 0 Å². The van der Waals surface area contributed by atoms with Gasteiger partial charge in [-0.25, -0.2) is 0 Å². The minimum absolute atomic E-state index is 0.0868. The number of aliphatic hydroxyl groups is 1. The van der Waals surface area contributed by atoms with E-state index in [-0.39, 0.29) is 12.0 Å². The number of nitrogens with one attached hydrogen (secondary N) is 1. The summed E-state index contributed by atoms with van der Waals surface area (Å²) in [5.41, 5.74) is 3.75. The predicted molar refractivity (Wildman–Crippen MR) is 74.6 cm³/mol. The highest BCUT2D eigenvalue weighted by molar-refractivity contribution is 5.58. The molecule has 2 nitrogen and oxygen atoms in total. The van der Waals surface area contributed by atoms with E-state index in [0.29, 0.717) is 5.92 Å². The lowest BCUT2D eigenvalue weighted by atomic mass is 9.93. The van der Waals surface area contributed by atoms with Gasteiger partial charge in [0, 0.05) is 24.3 Å². The molecule has 0 aliphatic rings. The molecule has 0 heterocycles. The van der Waals surface area contributed by atoms with E-state index in [4.69, 9.17) is 0 Å². The summed E-state index contributed by atoms with van der Waals surface area (Å²) in [6, 6.07) is 6.40. The monoisotopic (exact) mass is 235 g/mol. The van der Waals surface area contributed by atoms with Crippen molar-refractivity contribution in [3.05, 3.63) is 29.3 Å². The molecule has 0 unspecified atom stereocenters. The van der Waals surface area contributed by atoms with Gasteiger partial charge in [0.05, 0.1) is 0 Å². The van der Waals surface area contributed by atoms with E-state index < -0.39 is 0 Å². The Hall–Kier alpha value is -1.02. The number of benzene rings is 1. The van der Waals surface area contributed by atoms with E-state index in [2.05, 4.69) is 58.1 Å². The predicted octanol–water partition coefficient (Wildman–Crippen LogP) is 3.55. The van der Waals surface area contributed by atoms with Crippen molar-refractivity contribution in [3.63, 3.8) is 0 Å². The molecule has 1 aromatic carbocycles. The summed E-state index contributed by atoms with van der Waals surface area (Å²) in [5, 5.41) is 12.8. The highest BCUT2D eigenvalue weighted by Gasteiger charge is 2.17. The summed E-state index contributed by atoms with van der Waals surface area (Å²) in [4.78, 5) is 0. The normalized spacial score (nSPS) is 11.9. The molecule has 2 heteroatoms. The van der Waals surface area contributed by atoms with Gasteiger partial charge in [0.25, 0.3) is 0 Å². The lowest BCUT2D eigenvalue weighted by Gasteiger charge is -2.25. The van der Waals surface area contributed by atoms with Crippen LogP contribution in [0.4, 0.5) is 5.69 Å². The Balaban J connectivity index is 2.90. The van der Waals surface area contributed by atoms with E-state index >= 15 is 0 Å². The second-order valence-electron chi connectivity index (χ2n) is 5.87. The molecule has 0 aliphatic heterocycles. The molecule has 0 atom stereocenters. The van der Waals surface area contributed by atoms with Gasteiger partial charge in [0.15, 0.2) is 0 Å². The molecule has 0 bridgehead atoms. The number of aryl methyl sites for hydroxylation is 1. The van der Waals surface area contributed by atoms with Crippen LogP contribution in [0.15, 0.2) is 18.2 Å². The van der Waals surface area contributed by atoms with Gasteiger partial charge in [-0.05, 0) is 24.0 Å². The van der Waals surface area contributed by atoms with Crippen molar-refractivity contribution >= 4 is 5.69 Å². The van der Waals surface area contributed by atoms with Crippen molar-refractivity contribution in [1.82, 2.24) is 0 Å². The number of anilines is 1. The van der Waals surface area contributed by atoms with Crippen molar-refractivity contribution in [1.29, 1.82) is 0 Å². The average molecular weight is 235 g/mol. The largest absolute Gasteiger partial charge is 0.396 e. The molecular weight excluding hydrogens is 210 g/mol. The summed E-state index contributed by atoms with van der Waals surface area (Å²) >= 11 is 0. The molecule has 0 spiro atoms. The first-order chi connectivity index (χ1) is 7.87. The van der Waals surface area contributed by atoms with E-state index in [1.54, 1.807) is 0 Å². The summed E-state index contributed by atoms with van der Waals surface area (Å²) in [6.45, 7) is 11.6. The first-order valence-corrected chi connectivity index (χ1v) is 6.31. The van der Waals surface area contributed by atoms with E-state index in [9.17, 15) is 5.11 Å². The number of para-hydroxylation sites is 1. The fraction of sp³-hybridized carbons (Fsp3) is 0.600. The number of rotatable bonds is 5. The standard InChI is InChI=1S/C15H25NO/c1-11(2)13-8-6-7-12(3)14(13)16-9-15(4,5)10-17/h6-8,11,16-17H,9-10H2,1-5H3. The minimum Gasteiger partial charge on any atom is -0.396 e. The van der Waals surface area contributed by atoms with Gasteiger partial charge in [-0.1, -0.05) is 45.9 Å². The molecule has 0 saturated carbocycles. The van der Waals surface area contributed by atoms with Crippen molar-refractivity contribution in [2.75, 3.05) is 18.5 Å². The molecule has 0 saturated heterocycles. The second kappa shape index (κ2) is 5.54. The maximum Gasteiger partial charge on any atom is 0.0498 e. The fourth-order valence-electron chi connectivity index (χ4n) is 1.80. The number of hydrogen-bond donors (Lipinski definition) is 2. The van der Waals surface area contributed by atoms with Crippen LogP contribution in [0.5, 0.6) is 0 Å². The quantitative estimate of drug-likeness (QED) is 0.818. The third kappa shape index (κ3) is 3.74. The van der Waals surface area contributed by atoms with Crippen molar-refractivity contribution < 1.29 is 5.11 Å². The first-order valence-electron chi connectivity index (χ1n) is 6.31. The molecule has 0 fully saturated rings. The molecule has 0 aliphatic carbocycles. The Labute approximate surface area is 105 Å². The van der Waals surface area contributed by atoms with Gasteiger partial charge in [0.1, 0.15) is 0 Å². The molecule has 0 radical (unpaired) electrons. The third-order valence-electron chi connectivity index (χ3n) is 3.10. The first kappa shape index (κ1) is 14.0. The van der Waals surface area contributed by atoms with Crippen LogP contribution in [0.1, 0.15) is 44.7 Å². The van der Waals surface area contributed by atoms with Gasteiger partial charge in [-0.3, -0.25) is 0 Å². The zero-order valence-corrected chi connectivity index (χ0v) is 11.7. The Morgan fingerprint density at radius 3 is 2.47 bits per heavy atom.